The predicted molar refractivity (Wildman–Crippen MR) is 126 cm³/mol. The number of nitrogens with one attached hydrogen (secondary N) is 1. The van der Waals surface area contributed by atoms with E-state index in [1.165, 1.54) is 34.8 Å². The lowest BCUT2D eigenvalue weighted by molar-refractivity contribution is -0.0318. The van der Waals surface area contributed by atoms with Crippen LogP contribution in [0.25, 0.3) is 0 Å². The molecule has 8 heteroatoms. The third-order valence-corrected chi connectivity index (χ3v) is 6.19. The summed E-state index contributed by atoms with van der Waals surface area (Å²) >= 11 is 1.88. The number of ether oxygens (including phenoxy) is 2. The van der Waals surface area contributed by atoms with Gasteiger partial charge in [0.25, 0.3) is 0 Å². The number of nitrogens with zero attached hydrogens (tertiary/aromatic N) is 3. The molecule has 0 bridgehead atoms. The number of thiazole rings is 1. The average Bonchev–Trinajstić information content (AvgIpc) is 3.10. The van der Waals surface area contributed by atoms with E-state index >= 15 is 0 Å². The Morgan fingerprint density at radius 3 is 2.86 bits per heavy atom. The molecule has 1 N–H and O–H groups in total. The molecule has 0 radical (unpaired) electrons. The van der Waals surface area contributed by atoms with Crippen LogP contribution in [-0.4, -0.2) is 61.9 Å². The molecule has 0 aromatic carbocycles. The number of aromatic nitrogens is 1. The van der Waals surface area contributed by atoms with Crippen molar-refractivity contribution in [1.82, 2.24) is 15.2 Å². The SMILES string of the molecule is CCNC(=NCCCOC1CCOCC1)N(C)Cc1nc2c(s1)CCCC2.I. The van der Waals surface area contributed by atoms with Gasteiger partial charge in [-0.2, -0.15) is 0 Å². The van der Waals surface area contributed by atoms with E-state index in [1.54, 1.807) is 0 Å². The second-order valence-corrected chi connectivity index (χ2v) is 8.48. The molecule has 0 saturated carbocycles. The van der Waals surface area contributed by atoms with Gasteiger partial charge < -0.3 is 19.7 Å². The third kappa shape index (κ3) is 7.42. The van der Waals surface area contributed by atoms with E-state index in [2.05, 4.69) is 24.2 Å². The fraction of sp³-hybridized carbons (Fsp3) is 0.800. The molecule has 0 unspecified atom stereocenters. The van der Waals surface area contributed by atoms with Crippen LogP contribution in [-0.2, 0) is 28.9 Å². The highest BCUT2D eigenvalue weighted by Gasteiger charge is 2.17. The Kier molecular flexibility index (Phi) is 11.0. The van der Waals surface area contributed by atoms with Crippen molar-refractivity contribution in [2.24, 2.45) is 4.99 Å². The highest BCUT2D eigenvalue weighted by Crippen LogP contribution is 2.27. The van der Waals surface area contributed by atoms with Crippen molar-refractivity contribution in [1.29, 1.82) is 0 Å². The van der Waals surface area contributed by atoms with E-state index in [0.29, 0.717) is 6.10 Å². The monoisotopic (exact) mass is 522 g/mol. The zero-order chi connectivity index (χ0) is 18.9. The topological polar surface area (TPSA) is 59.0 Å². The first-order chi connectivity index (χ1) is 13.3. The van der Waals surface area contributed by atoms with Gasteiger partial charge in [0.1, 0.15) is 5.01 Å². The molecular weight excluding hydrogens is 487 g/mol. The summed E-state index contributed by atoms with van der Waals surface area (Å²) < 4.78 is 11.3. The van der Waals surface area contributed by atoms with Crippen molar-refractivity contribution in [3.05, 3.63) is 15.6 Å². The Balaban J connectivity index is 0.00000280. The van der Waals surface area contributed by atoms with Crippen LogP contribution in [0.15, 0.2) is 4.99 Å². The van der Waals surface area contributed by atoms with Gasteiger partial charge in [-0.15, -0.1) is 35.3 Å². The third-order valence-electron chi connectivity index (χ3n) is 5.04. The van der Waals surface area contributed by atoms with Gasteiger partial charge >= 0.3 is 0 Å². The molecule has 2 heterocycles. The Bertz CT molecular complexity index is 582. The number of aryl methyl sites for hydroxylation is 2. The lowest BCUT2D eigenvalue weighted by Gasteiger charge is -2.22. The van der Waals surface area contributed by atoms with Crippen molar-refractivity contribution >= 4 is 41.3 Å². The zero-order valence-corrected chi connectivity index (χ0v) is 20.4. The van der Waals surface area contributed by atoms with Gasteiger partial charge in [-0.05, 0) is 51.9 Å². The van der Waals surface area contributed by atoms with Gasteiger partial charge in [0.2, 0.25) is 0 Å². The normalized spacial score (nSPS) is 17.7. The summed E-state index contributed by atoms with van der Waals surface area (Å²) in [6, 6.07) is 0. The maximum absolute atomic E-state index is 5.94. The molecule has 160 valence electrons. The van der Waals surface area contributed by atoms with E-state index in [-0.39, 0.29) is 24.0 Å². The molecular formula is C20H35IN4O2S. The molecule has 1 fully saturated rings. The Morgan fingerprint density at radius 2 is 2.11 bits per heavy atom. The maximum atomic E-state index is 5.94. The molecule has 1 aromatic heterocycles. The Labute approximate surface area is 190 Å². The van der Waals surface area contributed by atoms with E-state index in [4.69, 9.17) is 19.5 Å². The highest BCUT2D eigenvalue weighted by atomic mass is 127. The van der Waals surface area contributed by atoms with Crippen LogP contribution in [0.4, 0.5) is 0 Å². The fourth-order valence-electron chi connectivity index (χ4n) is 3.56. The van der Waals surface area contributed by atoms with Gasteiger partial charge in [0, 0.05) is 44.8 Å². The second kappa shape index (κ2) is 13.0. The molecule has 1 aliphatic carbocycles. The summed E-state index contributed by atoms with van der Waals surface area (Å²) in [6.45, 7) is 7.02. The smallest absolute Gasteiger partial charge is 0.194 e. The zero-order valence-electron chi connectivity index (χ0n) is 17.2. The van der Waals surface area contributed by atoms with Gasteiger partial charge in [0.15, 0.2) is 5.96 Å². The first-order valence-corrected chi connectivity index (χ1v) is 11.2. The molecule has 0 atom stereocenters. The standard InChI is InChI=1S/C20H34N4O2S.HI/c1-3-21-20(22-11-6-12-26-16-9-13-25-14-10-16)24(2)15-19-23-17-7-4-5-8-18(17)27-19;/h16H,3-15H2,1-2H3,(H,21,22);1H. The molecule has 6 nitrogen and oxygen atoms in total. The van der Waals surface area contributed by atoms with Crippen LogP contribution in [0.1, 0.15) is 54.6 Å². The van der Waals surface area contributed by atoms with Crippen LogP contribution >= 0.6 is 35.3 Å². The van der Waals surface area contributed by atoms with Crippen LogP contribution in [0, 0.1) is 0 Å². The minimum atomic E-state index is 0. The van der Waals surface area contributed by atoms with Crippen LogP contribution in [0.2, 0.25) is 0 Å². The first kappa shape index (κ1) is 23.8. The summed E-state index contributed by atoms with van der Waals surface area (Å²) in [5.41, 5.74) is 1.34. The number of hydrogen-bond donors (Lipinski definition) is 1. The van der Waals surface area contributed by atoms with Crippen LogP contribution in [0.5, 0.6) is 0 Å². The number of guanidine groups is 1. The number of hydrogen-bond acceptors (Lipinski definition) is 5. The van der Waals surface area contributed by atoms with Gasteiger partial charge in [-0.25, -0.2) is 4.98 Å². The minimum absolute atomic E-state index is 0. The predicted octanol–water partition coefficient (Wildman–Crippen LogP) is 3.62. The summed E-state index contributed by atoms with van der Waals surface area (Å²) in [6.07, 6.45) is 8.31. The molecule has 1 saturated heterocycles. The van der Waals surface area contributed by atoms with E-state index in [9.17, 15) is 0 Å². The van der Waals surface area contributed by atoms with Crippen molar-refractivity contribution < 1.29 is 9.47 Å². The summed E-state index contributed by atoms with van der Waals surface area (Å²) in [5, 5.41) is 4.61. The summed E-state index contributed by atoms with van der Waals surface area (Å²) in [5.74, 6) is 0.955. The molecule has 2 aliphatic rings. The molecule has 3 rings (SSSR count). The summed E-state index contributed by atoms with van der Waals surface area (Å²) in [4.78, 5) is 13.3. The van der Waals surface area contributed by atoms with Crippen molar-refractivity contribution in [3.63, 3.8) is 0 Å². The van der Waals surface area contributed by atoms with Crippen molar-refractivity contribution in [3.8, 4) is 0 Å². The Morgan fingerprint density at radius 1 is 1.32 bits per heavy atom. The van der Waals surface area contributed by atoms with Crippen LogP contribution < -0.4 is 5.32 Å². The lowest BCUT2D eigenvalue weighted by Crippen LogP contribution is -2.38. The van der Waals surface area contributed by atoms with Crippen LogP contribution in [0.3, 0.4) is 0 Å². The lowest BCUT2D eigenvalue weighted by atomic mass is 10.0. The van der Waals surface area contributed by atoms with Crippen molar-refractivity contribution in [2.45, 2.75) is 64.5 Å². The second-order valence-electron chi connectivity index (χ2n) is 7.31. The number of rotatable bonds is 8. The quantitative estimate of drug-likeness (QED) is 0.245. The van der Waals surface area contributed by atoms with E-state index in [0.717, 1.165) is 71.1 Å². The van der Waals surface area contributed by atoms with E-state index < -0.39 is 0 Å². The molecule has 1 aromatic rings. The molecule has 28 heavy (non-hydrogen) atoms. The summed E-state index contributed by atoms with van der Waals surface area (Å²) in [7, 11) is 2.10. The first-order valence-electron chi connectivity index (χ1n) is 10.4. The molecule has 0 amide bonds. The minimum Gasteiger partial charge on any atom is -0.381 e. The number of aliphatic imine (C=N–C) groups is 1. The molecule has 1 aliphatic heterocycles. The Hall–Kier alpha value is -0.450. The molecule has 0 spiro atoms. The number of halogens is 1. The maximum Gasteiger partial charge on any atom is 0.194 e. The average molecular weight is 522 g/mol. The fourth-order valence-corrected chi connectivity index (χ4v) is 4.77. The van der Waals surface area contributed by atoms with E-state index in [1.807, 2.05) is 11.3 Å². The highest BCUT2D eigenvalue weighted by molar-refractivity contribution is 14.0. The van der Waals surface area contributed by atoms with Gasteiger partial charge in [-0.3, -0.25) is 4.99 Å². The largest absolute Gasteiger partial charge is 0.381 e. The number of fused-ring (bicyclic) bond motifs is 1. The van der Waals surface area contributed by atoms with Crippen molar-refractivity contribution in [2.75, 3.05) is 40.0 Å². The van der Waals surface area contributed by atoms with Gasteiger partial charge in [-0.1, -0.05) is 0 Å². The van der Waals surface area contributed by atoms with Gasteiger partial charge in [0.05, 0.1) is 18.3 Å².